The molecule has 0 radical (unpaired) electrons. The summed E-state index contributed by atoms with van der Waals surface area (Å²) in [6.07, 6.45) is 0. The van der Waals surface area contributed by atoms with Crippen molar-refractivity contribution in [3.63, 3.8) is 0 Å². The lowest BCUT2D eigenvalue weighted by atomic mass is 10.1. The zero-order valence-electron chi connectivity index (χ0n) is 17.9. The summed E-state index contributed by atoms with van der Waals surface area (Å²) in [4.78, 5) is 29.0. The van der Waals surface area contributed by atoms with Gasteiger partial charge in [-0.25, -0.2) is 9.48 Å². The smallest absolute Gasteiger partial charge is 0.349 e. The SMILES string of the molecule is Cc1cc(C)n(-c2ccc(N3CCN(C(=O)c4cc5ccccc5oc4=O)CC3)nn2)n1. The zero-order valence-corrected chi connectivity index (χ0v) is 17.9. The molecule has 0 aliphatic carbocycles. The van der Waals surface area contributed by atoms with Crippen LogP contribution in [0.4, 0.5) is 5.82 Å². The van der Waals surface area contributed by atoms with E-state index in [4.69, 9.17) is 4.42 Å². The number of piperazine rings is 1. The Morgan fingerprint density at radius 2 is 1.66 bits per heavy atom. The van der Waals surface area contributed by atoms with E-state index in [2.05, 4.69) is 20.2 Å². The summed E-state index contributed by atoms with van der Waals surface area (Å²) in [5, 5.41) is 13.8. The van der Waals surface area contributed by atoms with Crippen LogP contribution in [0, 0.1) is 13.8 Å². The van der Waals surface area contributed by atoms with Crippen molar-refractivity contribution < 1.29 is 9.21 Å². The van der Waals surface area contributed by atoms with Gasteiger partial charge in [0.05, 0.1) is 5.69 Å². The topological polar surface area (TPSA) is 97.4 Å². The van der Waals surface area contributed by atoms with Gasteiger partial charge in [-0.2, -0.15) is 5.10 Å². The summed E-state index contributed by atoms with van der Waals surface area (Å²) in [5.41, 5.74) is 1.85. The van der Waals surface area contributed by atoms with Crippen LogP contribution in [0.3, 0.4) is 0 Å². The lowest BCUT2D eigenvalue weighted by Gasteiger charge is -2.35. The molecule has 9 heteroatoms. The third kappa shape index (κ3) is 3.62. The molecule has 0 bridgehead atoms. The van der Waals surface area contributed by atoms with Crippen LogP contribution in [0.15, 0.2) is 57.7 Å². The summed E-state index contributed by atoms with van der Waals surface area (Å²) in [6, 6.07) is 14.6. The summed E-state index contributed by atoms with van der Waals surface area (Å²) < 4.78 is 7.08. The molecule has 0 saturated carbocycles. The number of amides is 1. The quantitative estimate of drug-likeness (QED) is 0.460. The minimum atomic E-state index is -0.610. The third-order valence-electron chi connectivity index (χ3n) is 5.63. The number of fused-ring (bicyclic) bond motifs is 1. The van der Waals surface area contributed by atoms with Crippen LogP contribution >= 0.6 is 0 Å². The van der Waals surface area contributed by atoms with Gasteiger partial charge < -0.3 is 14.2 Å². The normalized spacial score (nSPS) is 14.2. The number of aromatic nitrogens is 4. The highest BCUT2D eigenvalue weighted by molar-refractivity contribution is 5.96. The number of benzene rings is 1. The number of hydrogen-bond donors (Lipinski definition) is 0. The number of anilines is 1. The Hall–Kier alpha value is -4.01. The minimum absolute atomic E-state index is 0.0613. The van der Waals surface area contributed by atoms with Crippen LogP contribution in [0.25, 0.3) is 16.8 Å². The molecule has 32 heavy (non-hydrogen) atoms. The average molecular weight is 430 g/mol. The molecule has 1 saturated heterocycles. The van der Waals surface area contributed by atoms with Gasteiger partial charge in [0.1, 0.15) is 11.1 Å². The van der Waals surface area contributed by atoms with E-state index in [1.54, 1.807) is 27.8 Å². The van der Waals surface area contributed by atoms with E-state index in [1.807, 2.05) is 44.2 Å². The molecule has 1 fully saturated rings. The standard InChI is InChI=1S/C23H22N6O3/c1-15-13-16(2)29(26-15)21-8-7-20(24-25-21)27-9-11-28(12-10-27)22(30)18-14-17-5-3-4-6-19(17)32-23(18)31/h3-8,13-14H,9-12H2,1-2H3. The average Bonchev–Trinajstić information content (AvgIpc) is 3.16. The molecular weight excluding hydrogens is 408 g/mol. The molecule has 1 aliphatic rings. The monoisotopic (exact) mass is 430 g/mol. The molecule has 0 spiro atoms. The van der Waals surface area contributed by atoms with Crippen molar-refractivity contribution in [3.8, 4) is 5.82 Å². The molecule has 5 rings (SSSR count). The van der Waals surface area contributed by atoms with Crippen molar-refractivity contribution in [2.75, 3.05) is 31.1 Å². The van der Waals surface area contributed by atoms with E-state index >= 15 is 0 Å². The van der Waals surface area contributed by atoms with Gasteiger partial charge in [0.2, 0.25) is 0 Å². The van der Waals surface area contributed by atoms with E-state index in [0.29, 0.717) is 37.6 Å². The fourth-order valence-electron chi connectivity index (χ4n) is 3.98. The maximum atomic E-state index is 13.0. The first-order valence-corrected chi connectivity index (χ1v) is 10.4. The molecular formula is C23H22N6O3. The second-order valence-corrected chi connectivity index (χ2v) is 7.85. The highest BCUT2D eigenvalue weighted by Crippen LogP contribution is 2.18. The molecule has 162 valence electrons. The molecule has 0 unspecified atom stereocenters. The van der Waals surface area contributed by atoms with Crippen LogP contribution in [0.1, 0.15) is 21.7 Å². The highest BCUT2D eigenvalue weighted by Gasteiger charge is 2.25. The van der Waals surface area contributed by atoms with Gasteiger partial charge in [-0.15, -0.1) is 10.2 Å². The maximum absolute atomic E-state index is 13.0. The first-order chi connectivity index (χ1) is 15.5. The van der Waals surface area contributed by atoms with E-state index in [1.165, 1.54) is 0 Å². The predicted molar refractivity (Wildman–Crippen MR) is 119 cm³/mol. The highest BCUT2D eigenvalue weighted by atomic mass is 16.4. The Kier molecular flexibility index (Phi) is 4.93. The number of para-hydroxylation sites is 1. The molecule has 4 aromatic rings. The van der Waals surface area contributed by atoms with E-state index in [0.717, 1.165) is 22.6 Å². The fourth-order valence-corrected chi connectivity index (χ4v) is 3.98. The lowest BCUT2D eigenvalue weighted by molar-refractivity contribution is 0.0742. The molecule has 1 amide bonds. The number of nitrogens with zero attached hydrogens (tertiary/aromatic N) is 6. The largest absolute Gasteiger partial charge is 0.422 e. The third-order valence-corrected chi connectivity index (χ3v) is 5.63. The molecule has 1 aromatic carbocycles. The van der Waals surface area contributed by atoms with Crippen LogP contribution in [-0.2, 0) is 0 Å². The first-order valence-electron chi connectivity index (χ1n) is 10.4. The van der Waals surface area contributed by atoms with Gasteiger partial charge in [0.25, 0.3) is 5.91 Å². The lowest BCUT2D eigenvalue weighted by Crippen LogP contribution is -2.49. The van der Waals surface area contributed by atoms with Crippen LogP contribution in [0.2, 0.25) is 0 Å². The number of carbonyl (C=O) groups excluding carboxylic acids is 1. The van der Waals surface area contributed by atoms with E-state index in [-0.39, 0.29) is 11.5 Å². The van der Waals surface area contributed by atoms with E-state index < -0.39 is 5.63 Å². The second kappa shape index (κ2) is 7.92. The van der Waals surface area contributed by atoms with Crippen molar-refractivity contribution in [2.45, 2.75) is 13.8 Å². The molecule has 0 atom stereocenters. The van der Waals surface area contributed by atoms with Gasteiger partial charge in [0.15, 0.2) is 11.6 Å². The van der Waals surface area contributed by atoms with Crippen LogP contribution < -0.4 is 10.5 Å². The Labute approximate surface area is 183 Å². The Bertz CT molecular complexity index is 1350. The summed E-state index contributed by atoms with van der Waals surface area (Å²) in [6.45, 7) is 6.06. The van der Waals surface area contributed by atoms with Crippen molar-refractivity contribution >= 4 is 22.7 Å². The Morgan fingerprint density at radius 3 is 2.34 bits per heavy atom. The summed E-state index contributed by atoms with van der Waals surface area (Å²) >= 11 is 0. The number of rotatable bonds is 3. The van der Waals surface area contributed by atoms with Crippen LogP contribution in [0.5, 0.6) is 0 Å². The van der Waals surface area contributed by atoms with Gasteiger partial charge >= 0.3 is 5.63 Å². The Morgan fingerprint density at radius 1 is 0.938 bits per heavy atom. The van der Waals surface area contributed by atoms with Gasteiger partial charge in [0, 0.05) is 37.3 Å². The van der Waals surface area contributed by atoms with Crippen LogP contribution in [-0.4, -0.2) is 57.0 Å². The van der Waals surface area contributed by atoms with Crippen molar-refractivity contribution in [1.29, 1.82) is 0 Å². The molecule has 9 nitrogen and oxygen atoms in total. The molecule has 1 aliphatic heterocycles. The van der Waals surface area contributed by atoms with Crippen molar-refractivity contribution in [1.82, 2.24) is 24.9 Å². The summed E-state index contributed by atoms with van der Waals surface area (Å²) in [5.74, 6) is 1.10. The van der Waals surface area contributed by atoms with Crippen molar-refractivity contribution in [2.24, 2.45) is 0 Å². The minimum Gasteiger partial charge on any atom is -0.422 e. The predicted octanol–water partition coefficient (Wildman–Crippen LogP) is 2.35. The number of aryl methyl sites for hydroxylation is 2. The van der Waals surface area contributed by atoms with Gasteiger partial charge in [-0.1, -0.05) is 18.2 Å². The first kappa shape index (κ1) is 19.9. The Balaban J connectivity index is 1.28. The second-order valence-electron chi connectivity index (χ2n) is 7.85. The maximum Gasteiger partial charge on any atom is 0.349 e. The zero-order chi connectivity index (χ0) is 22.2. The molecule has 0 N–H and O–H groups in total. The van der Waals surface area contributed by atoms with Crippen molar-refractivity contribution in [3.05, 3.63) is 75.9 Å². The van der Waals surface area contributed by atoms with Gasteiger partial charge in [-0.05, 0) is 44.2 Å². The fraction of sp³-hybridized carbons (Fsp3) is 0.261. The molecule has 3 aromatic heterocycles. The number of carbonyl (C=O) groups is 1. The summed E-state index contributed by atoms with van der Waals surface area (Å²) in [7, 11) is 0. The van der Waals surface area contributed by atoms with E-state index in [9.17, 15) is 9.59 Å². The van der Waals surface area contributed by atoms with Gasteiger partial charge in [-0.3, -0.25) is 4.79 Å². The number of hydrogen-bond acceptors (Lipinski definition) is 7. The molecule has 4 heterocycles.